The van der Waals surface area contributed by atoms with Crippen LogP contribution in [0.5, 0.6) is 0 Å². The van der Waals surface area contributed by atoms with Crippen LogP contribution in [0.2, 0.25) is 0 Å². The van der Waals surface area contributed by atoms with E-state index in [-0.39, 0.29) is 28.9 Å². The molecule has 1 aromatic heterocycles. The smallest absolute Gasteiger partial charge is 0.391 e. The predicted octanol–water partition coefficient (Wildman–Crippen LogP) is 3.80. The van der Waals surface area contributed by atoms with E-state index in [4.69, 9.17) is 10.5 Å². The molecule has 2 aromatic rings. The van der Waals surface area contributed by atoms with Crippen LogP contribution in [-0.2, 0) is 20.4 Å². The molecule has 0 radical (unpaired) electrons. The Labute approximate surface area is 207 Å². The average Bonchev–Trinajstić information content (AvgIpc) is 3.26. The van der Waals surface area contributed by atoms with Crippen molar-refractivity contribution in [3.05, 3.63) is 42.0 Å². The van der Waals surface area contributed by atoms with Gasteiger partial charge in [-0.25, -0.2) is 8.42 Å². The Morgan fingerprint density at radius 1 is 1.11 bits per heavy atom. The lowest BCUT2D eigenvalue weighted by Gasteiger charge is -2.44. The molecule has 0 aliphatic carbocycles. The maximum atomic E-state index is 13.3. The van der Waals surface area contributed by atoms with Crippen molar-refractivity contribution in [2.75, 3.05) is 43.5 Å². The third-order valence-corrected chi connectivity index (χ3v) is 10.1. The van der Waals surface area contributed by atoms with Crippen molar-refractivity contribution in [1.82, 2.24) is 4.31 Å². The number of hydrogen-bond donors (Lipinski definition) is 2. The molecule has 3 heterocycles. The largest absolute Gasteiger partial charge is 0.421 e. The summed E-state index contributed by atoms with van der Waals surface area (Å²) in [5, 5.41) is 10.4. The maximum Gasteiger partial charge on any atom is 0.421 e. The summed E-state index contributed by atoms with van der Waals surface area (Å²) in [6, 6.07) is 8.63. The highest BCUT2D eigenvalue weighted by atomic mass is 32.2. The fourth-order valence-corrected chi connectivity index (χ4v) is 7.41. The zero-order valence-corrected chi connectivity index (χ0v) is 21.0. The van der Waals surface area contributed by atoms with Gasteiger partial charge in [0.2, 0.25) is 0 Å². The van der Waals surface area contributed by atoms with Crippen LogP contribution in [0.1, 0.15) is 31.7 Å². The number of sulfonamides is 1. The molecule has 0 amide bonds. The Balaban J connectivity index is 1.58. The Morgan fingerprint density at radius 3 is 2.34 bits per heavy atom. The molecule has 12 heteroatoms. The van der Waals surface area contributed by atoms with E-state index in [0.717, 1.165) is 37.5 Å². The number of nitrogens with zero attached hydrogens (tertiary/aromatic N) is 2. The highest BCUT2D eigenvalue weighted by molar-refractivity contribution is 7.91. The van der Waals surface area contributed by atoms with Crippen LogP contribution in [0.25, 0.3) is 0 Å². The number of ether oxygens (including phenoxy) is 1. The average molecular weight is 534 g/mol. The van der Waals surface area contributed by atoms with Gasteiger partial charge in [0.1, 0.15) is 4.21 Å². The Kier molecular flexibility index (Phi) is 7.41. The van der Waals surface area contributed by atoms with Gasteiger partial charge in [0, 0.05) is 44.6 Å². The van der Waals surface area contributed by atoms with Crippen molar-refractivity contribution in [2.24, 2.45) is 5.92 Å². The zero-order chi connectivity index (χ0) is 25.4. The highest BCUT2D eigenvalue weighted by Gasteiger charge is 2.51. The quantitative estimate of drug-likeness (QED) is 0.587. The van der Waals surface area contributed by atoms with E-state index in [1.165, 1.54) is 22.5 Å². The molecule has 0 bridgehead atoms. The number of piperazine rings is 1. The van der Waals surface area contributed by atoms with Crippen LogP contribution < -0.4 is 10.6 Å². The number of halogens is 3. The van der Waals surface area contributed by atoms with Crippen molar-refractivity contribution in [1.29, 1.82) is 0 Å². The molecule has 2 aliphatic rings. The molecule has 2 atom stereocenters. The lowest BCUT2D eigenvalue weighted by atomic mass is 9.90. The molecule has 2 aliphatic heterocycles. The summed E-state index contributed by atoms with van der Waals surface area (Å²) in [7, 11) is -3.70. The van der Waals surface area contributed by atoms with Gasteiger partial charge in [-0.15, -0.1) is 11.3 Å². The van der Waals surface area contributed by atoms with Crippen LogP contribution in [0, 0.1) is 5.92 Å². The Hall–Kier alpha value is -1.86. The summed E-state index contributed by atoms with van der Waals surface area (Å²) in [4.78, 5) is 2.07. The summed E-state index contributed by atoms with van der Waals surface area (Å²) in [6.07, 6.45) is -2.30. The van der Waals surface area contributed by atoms with E-state index >= 15 is 0 Å². The Morgan fingerprint density at radius 2 is 1.77 bits per heavy atom. The van der Waals surface area contributed by atoms with E-state index in [1.54, 1.807) is 18.2 Å². The molecule has 0 unspecified atom stereocenters. The van der Waals surface area contributed by atoms with Gasteiger partial charge in [-0.3, -0.25) is 0 Å². The third kappa shape index (κ3) is 5.46. The molecule has 3 N–H and O–H groups in total. The van der Waals surface area contributed by atoms with Crippen LogP contribution in [0.15, 0.2) is 40.6 Å². The second kappa shape index (κ2) is 9.89. The van der Waals surface area contributed by atoms with E-state index in [2.05, 4.69) is 4.90 Å². The van der Waals surface area contributed by atoms with Crippen LogP contribution in [0.3, 0.4) is 0 Å². The number of rotatable bonds is 6. The van der Waals surface area contributed by atoms with E-state index < -0.39 is 21.8 Å². The molecule has 2 saturated heterocycles. The Bertz CT molecular complexity index is 1110. The van der Waals surface area contributed by atoms with Crippen LogP contribution in [-0.4, -0.2) is 62.9 Å². The minimum atomic E-state index is -4.80. The van der Waals surface area contributed by atoms with E-state index in [1.807, 2.05) is 0 Å². The number of nitrogen functional groups attached to an aromatic ring is 1. The predicted molar refractivity (Wildman–Crippen MR) is 129 cm³/mol. The highest BCUT2D eigenvalue weighted by Crippen LogP contribution is 2.39. The molecular weight excluding hydrogens is 503 g/mol. The number of alkyl halides is 3. The normalized spacial score (nSPS) is 22.8. The zero-order valence-electron chi connectivity index (χ0n) is 19.4. The van der Waals surface area contributed by atoms with Crippen molar-refractivity contribution >= 4 is 32.0 Å². The van der Waals surface area contributed by atoms with Gasteiger partial charge in [-0.2, -0.15) is 17.5 Å². The molecule has 4 rings (SSSR count). The molecular formula is C23H30F3N3O4S2. The van der Waals surface area contributed by atoms with E-state index in [0.29, 0.717) is 36.4 Å². The van der Waals surface area contributed by atoms with E-state index in [9.17, 15) is 26.7 Å². The molecule has 194 valence electrons. The van der Waals surface area contributed by atoms with Crippen molar-refractivity contribution < 1.29 is 31.4 Å². The van der Waals surface area contributed by atoms with Crippen molar-refractivity contribution in [3.8, 4) is 0 Å². The summed E-state index contributed by atoms with van der Waals surface area (Å²) in [5.41, 5.74) is 3.25. The first-order chi connectivity index (χ1) is 16.4. The summed E-state index contributed by atoms with van der Waals surface area (Å²) >= 11 is 1.03. The first kappa shape index (κ1) is 26.2. The number of hydrogen-bond acceptors (Lipinski definition) is 7. The molecule has 35 heavy (non-hydrogen) atoms. The topological polar surface area (TPSA) is 96.1 Å². The molecule has 0 spiro atoms. The third-order valence-electron chi connectivity index (χ3n) is 6.90. The van der Waals surface area contributed by atoms with Gasteiger partial charge in [-0.05, 0) is 61.9 Å². The van der Waals surface area contributed by atoms with Gasteiger partial charge in [-0.1, -0.05) is 12.1 Å². The van der Waals surface area contributed by atoms with Crippen LogP contribution >= 0.6 is 11.3 Å². The summed E-state index contributed by atoms with van der Waals surface area (Å²) < 4.78 is 73.4. The van der Waals surface area contributed by atoms with Crippen LogP contribution in [0.4, 0.5) is 23.9 Å². The first-order valence-electron chi connectivity index (χ1n) is 11.5. The molecule has 0 saturated carbocycles. The first-order valence-corrected chi connectivity index (χ1v) is 13.7. The van der Waals surface area contributed by atoms with Crippen molar-refractivity contribution in [3.63, 3.8) is 0 Å². The second-order valence-electron chi connectivity index (χ2n) is 9.28. The molecule has 1 aromatic carbocycles. The molecule has 7 nitrogen and oxygen atoms in total. The minimum Gasteiger partial charge on any atom is -0.391 e. The second-order valence-corrected chi connectivity index (χ2v) is 12.6. The fourth-order valence-electron chi connectivity index (χ4n) is 4.69. The lowest BCUT2D eigenvalue weighted by Crippen LogP contribution is -2.55. The lowest BCUT2D eigenvalue weighted by molar-refractivity contribution is -0.258. The SMILES string of the molecule is C[C@](O)(c1ccc(N2CCN(S(=O)(=O)c3ccc(N)s3)C[C@@H]2CC2CCOCC2)cc1)C(F)(F)F. The van der Waals surface area contributed by atoms with Gasteiger partial charge in [0.15, 0.2) is 5.60 Å². The maximum absolute atomic E-state index is 13.3. The standard InChI is InChI=1S/C23H30F3N3O4S2/c1-22(30,23(24,25)26)17-2-4-18(5-3-17)29-11-10-28(35(31,32)21-7-6-20(27)34-21)15-19(29)14-16-8-12-33-13-9-16/h2-7,16,19,30H,8-15,27H2,1H3/t19-,22-/m0/s1. The fraction of sp³-hybridized carbons (Fsp3) is 0.565. The van der Waals surface area contributed by atoms with Gasteiger partial charge in [0.25, 0.3) is 10.0 Å². The van der Waals surface area contributed by atoms with Crippen molar-refractivity contribution in [2.45, 2.75) is 48.2 Å². The molecule has 2 fully saturated rings. The summed E-state index contributed by atoms with van der Waals surface area (Å²) in [5.74, 6) is 0.363. The number of nitrogens with two attached hydrogens (primary N) is 1. The van der Waals surface area contributed by atoms with Gasteiger partial charge >= 0.3 is 6.18 Å². The van der Waals surface area contributed by atoms with Gasteiger partial charge < -0.3 is 20.5 Å². The monoisotopic (exact) mass is 533 g/mol. The minimum absolute atomic E-state index is 0.159. The van der Waals surface area contributed by atoms with Gasteiger partial charge in [0.05, 0.1) is 5.00 Å². The number of anilines is 2. The number of aliphatic hydroxyl groups is 1. The summed E-state index contributed by atoms with van der Waals surface area (Å²) in [6.45, 7) is 2.95. The number of benzene rings is 1. The number of thiophene rings is 1.